The van der Waals surface area contributed by atoms with Crippen LogP contribution in [0.25, 0.3) is 0 Å². The molecule has 7 nitrogen and oxygen atoms in total. The molecule has 8 heteroatoms. The van der Waals surface area contributed by atoms with E-state index in [1.54, 1.807) is 31.2 Å². The number of hydrogen-bond acceptors (Lipinski definition) is 5. The van der Waals surface area contributed by atoms with Crippen molar-refractivity contribution < 1.29 is 19.4 Å². The first-order valence-electron chi connectivity index (χ1n) is 10.0. The SMILES string of the molecule is C/C(=N/NC(=O)C[C@@H](C)O)c1cccc(NC(=O)CCCOc2ccc(Cl)cc2C)c1. The van der Waals surface area contributed by atoms with Gasteiger partial charge < -0.3 is 15.2 Å². The van der Waals surface area contributed by atoms with E-state index in [1.165, 1.54) is 6.92 Å². The minimum atomic E-state index is -0.727. The molecular weight excluding hydrogens is 418 g/mol. The van der Waals surface area contributed by atoms with Crippen LogP contribution in [0.3, 0.4) is 0 Å². The van der Waals surface area contributed by atoms with Crippen LogP contribution in [0, 0.1) is 6.92 Å². The zero-order chi connectivity index (χ0) is 22.8. The second-order valence-electron chi connectivity index (χ2n) is 7.28. The van der Waals surface area contributed by atoms with Crippen molar-refractivity contribution in [2.24, 2.45) is 5.10 Å². The van der Waals surface area contributed by atoms with E-state index in [0.29, 0.717) is 35.9 Å². The first-order chi connectivity index (χ1) is 14.7. The van der Waals surface area contributed by atoms with E-state index in [4.69, 9.17) is 16.3 Å². The van der Waals surface area contributed by atoms with Crippen molar-refractivity contribution in [2.45, 2.75) is 46.1 Å². The quantitative estimate of drug-likeness (QED) is 0.291. The van der Waals surface area contributed by atoms with Crippen molar-refractivity contribution in [3.63, 3.8) is 0 Å². The van der Waals surface area contributed by atoms with Gasteiger partial charge in [0.25, 0.3) is 0 Å². The molecule has 0 spiro atoms. The highest BCUT2D eigenvalue weighted by molar-refractivity contribution is 6.30. The lowest BCUT2D eigenvalue weighted by Gasteiger charge is -2.10. The van der Waals surface area contributed by atoms with Gasteiger partial charge in [-0.15, -0.1) is 0 Å². The number of carbonyl (C=O) groups excluding carboxylic acids is 2. The number of carbonyl (C=O) groups is 2. The van der Waals surface area contributed by atoms with Gasteiger partial charge in [0.05, 0.1) is 24.8 Å². The summed E-state index contributed by atoms with van der Waals surface area (Å²) >= 11 is 5.93. The Hall–Kier alpha value is -2.90. The van der Waals surface area contributed by atoms with Crippen molar-refractivity contribution in [1.29, 1.82) is 0 Å². The number of rotatable bonds is 10. The number of benzene rings is 2. The average molecular weight is 446 g/mol. The van der Waals surface area contributed by atoms with Gasteiger partial charge in [0.2, 0.25) is 11.8 Å². The van der Waals surface area contributed by atoms with Gasteiger partial charge in [0.1, 0.15) is 5.75 Å². The number of nitrogens with one attached hydrogen (secondary N) is 2. The Morgan fingerprint density at radius 2 is 1.97 bits per heavy atom. The van der Waals surface area contributed by atoms with Crippen LogP contribution in [-0.2, 0) is 9.59 Å². The van der Waals surface area contributed by atoms with Crippen LogP contribution < -0.4 is 15.5 Å². The van der Waals surface area contributed by atoms with Gasteiger partial charge in [-0.3, -0.25) is 9.59 Å². The van der Waals surface area contributed by atoms with Crippen molar-refractivity contribution in [1.82, 2.24) is 5.43 Å². The van der Waals surface area contributed by atoms with E-state index in [0.717, 1.165) is 16.9 Å². The number of hydrazone groups is 1. The van der Waals surface area contributed by atoms with E-state index in [9.17, 15) is 14.7 Å². The topological polar surface area (TPSA) is 100 Å². The van der Waals surface area contributed by atoms with Gasteiger partial charge in [0.15, 0.2) is 0 Å². The number of aliphatic hydroxyl groups is 1. The van der Waals surface area contributed by atoms with Crippen LogP contribution in [0.2, 0.25) is 5.02 Å². The Kier molecular flexibility index (Phi) is 9.49. The normalized spacial score (nSPS) is 12.2. The van der Waals surface area contributed by atoms with Gasteiger partial charge in [-0.05, 0) is 68.7 Å². The molecule has 0 saturated heterocycles. The predicted molar refractivity (Wildman–Crippen MR) is 123 cm³/mol. The second-order valence-corrected chi connectivity index (χ2v) is 7.71. The number of amides is 2. The third kappa shape index (κ3) is 8.78. The van der Waals surface area contributed by atoms with Gasteiger partial charge in [-0.2, -0.15) is 5.10 Å². The third-order valence-electron chi connectivity index (χ3n) is 4.34. The molecule has 0 saturated carbocycles. The Morgan fingerprint density at radius 3 is 2.68 bits per heavy atom. The van der Waals surface area contributed by atoms with Gasteiger partial charge in [0, 0.05) is 17.1 Å². The standard InChI is InChI=1S/C23H28ClN3O4/c1-15-12-19(24)9-10-21(15)31-11-5-8-22(29)25-20-7-4-6-18(14-20)17(3)26-27-23(30)13-16(2)28/h4,6-7,9-10,12,14,16,28H,5,8,11,13H2,1-3H3,(H,25,29)(H,27,30)/b26-17-/t16-/m1/s1. The molecule has 0 aliphatic rings. The number of aliphatic hydroxyl groups excluding tert-OH is 1. The average Bonchev–Trinajstić information content (AvgIpc) is 2.70. The summed E-state index contributed by atoms with van der Waals surface area (Å²) in [7, 11) is 0. The number of ether oxygens (including phenoxy) is 1. The highest BCUT2D eigenvalue weighted by atomic mass is 35.5. The molecule has 0 aliphatic carbocycles. The number of nitrogens with zero attached hydrogens (tertiary/aromatic N) is 1. The van der Waals surface area contributed by atoms with Crippen molar-refractivity contribution >= 4 is 34.8 Å². The molecule has 0 aromatic heterocycles. The van der Waals surface area contributed by atoms with E-state index >= 15 is 0 Å². The molecule has 0 bridgehead atoms. The highest BCUT2D eigenvalue weighted by Crippen LogP contribution is 2.22. The second kappa shape index (κ2) is 12.1. The molecule has 0 heterocycles. The minimum absolute atomic E-state index is 0.0197. The molecule has 2 aromatic carbocycles. The van der Waals surface area contributed by atoms with E-state index < -0.39 is 6.10 Å². The number of hydrogen-bond donors (Lipinski definition) is 3. The van der Waals surface area contributed by atoms with E-state index in [2.05, 4.69) is 15.8 Å². The summed E-state index contributed by atoms with van der Waals surface area (Å²) in [5.41, 5.74) is 5.35. The molecule has 31 heavy (non-hydrogen) atoms. The summed E-state index contributed by atoms with van der Waals surface area (Å²) in [5, 5.41) is 16.8. The predicted octanol–water partition coefficient (Wildman–Crippen LogP) is 4.06. The summed E-state index contributed by atoms with van der Waals surface area (Å²) in [4.78, 5) is 23.8. The molecule has 2 amide bonds. The minimum Gasteiger partial charge on any atom is -0.493 e. The Morgan fingerprint density at radius 1 is 1.19 bits per heavy atom. The molecular formula is C23H28ClN3O4. The van der Waals surface area contributed by atoms with Crippen LogP contribution in [0.1, 0.15) is 44.2 Å². The molecule has 2 rings (SSSR count). The first-order valence-corrected chi connectivity index (χ1v) is 10.4. The first kappa shape index (κ1) is 24.4. The summed E-state index contributed by atoms with van der Waals surface area (Å²) in [5.74, 6) is 0.274. The van der Waals surface area contributed by atoms with Gasteiger partial charge in [-0.1, -0.05) is 23.7 Å². The molecule has 2 aromatic rings. The highest BCUT2D eigenvalue weighted by Gasteiger charge is 2.07. The molecule has 0 fully saturated rings. The summed E-state index contributed by atoms with van der Waals surface area (Å²) in [6.07, 6.45) is 0.145. The Bertz CT molecular complexity index is 944. The molecule has 166 valence electrons. The lowest BCUT2D eigenvalue weighted by molar-refractivity contribution is -0.122. The van der Waals surface area contributed by atoms with Crippen LogP contribution >= 0.6 is 11.6 Å². The smallest absolute Gasteiger partial charge is 0.242 e. The fourth-order valence-corrected chi connectivity index (χ4v) is 2.99. The van der Waals surface area contributed by atoms with E-state index in [-0.39, 0.29) is 18.2 Å². The summed E-state index contributed by atoms with van der Waals surface area (Å²) in [6, 6.07) is 12.6. The fourth-order valence-electron chi connectivity index (χ4n) is 2.76. The maximum absolute atomic E-state index is 12.2. The number of anilines is 1. The summed E-state index contributed by atoms with van der Waals surface area (Å²) in [6.45, 7) is 5.63. The molecule has 0 unspecified atom stereocenters. The zero-order valence-electron chi connectivity index (χ0n) is 17.9. The lowest BCUT2D eigenvalue weighted by atomic mass is 10.1. The molecule has 1 atom stereocenters. The van der Waals surface area contributed by atoms with Crippen LogP contribution in [-0.4, -0.2) is 35.3 Å². The molecule has 3 N–H and O–H groups in total. The lowest BCUT2D eigenvalue weighted by Crippen LogP contribution is -2.23. The summed E-state index contributed by atoms with van der Waals surface area (Å²) < 4.78 is 5.71. The van der Waals surface area contributed by atoms with Crippen molar-refractivity contribution in [3.05, 3.63) is 58.6 Å². The van der Waals surface area contributed by atoms with Crippen molar-refractivity contribution in [2.75, 3.05) is 11.9 Å². The van der Waals surface area contributed by atoms with Crippen molar-refractivity contribution in [3.8, 4) is 5.75 Å². The Balaban J connectivity index is 1.81. The van der Waals surface area contributed by atoms with Crippen LogP contribution in [0.4, 0.5) is 5.69 Å². The largest absolute Gasteiger partial charge is 0.493 e. The van der Waals surface area contributed by atoms with Crippen LogP contribution in [0.5, 0.6) is 5.75 Å². The number of halogens is 1. The van der Waals surface area contributed by atoms with Gasteiger partial charge in [-0.25, -0.2) is 5.43 Å². The third-order valence-corrected chi connectivity index (χ3v) is 4.57. The maximum atomic E-state index is 12.2. The monoisotopic (exact) mass is 445 g/mol. The Labute approximate surface area is 187 Å². The zero-order valence-corrected chi connectivity index (χ0v) is 18.7. The van der Waals surface area contributed by atoms with Gasteiger partial charge >= 0.3 is 0 Å². The molecule has 0 radical (unpaired) electrons. The fraction of sp³-hybridized carbons (Fsp3) is 0.348. The van der Waals surface area contributed by atoms with Crippen LogP contribution in [0.15, 0.2) is 47.6 Å². The molecule has 0 aliphatic heterocycles. The maximum Gasteiger partial charge on any atom is 0.242 e. The van der Waals surface area contributed by atoms with E-state index in [1.807, 2.05) is 25.1 Å². The number of aryl methyl sites for hydroxylation is 1.